The van der Waals surface area contributed by atoms with Crippen LogP contribution in [0.1, 0.15) is 101 Å². The van der Waals surface area contributed by atoms with Crippen molar-refractivity contribution in [2.45, 2.75) is 115 Å². The molecule has 4 aromatic rings. The Morgan fingerprint density at radius 3 is 2.20 bits per heavy atom. The van der Waals surface area contributed by atoms with Crippen molar-refractivity contribution in [1.82, 2.24) is 19.8 Å². The Labute approximate surface area is 297 Å². The van der Waals surface area contributed by atoms with Gasteiger partial charge in [-0.15, -0.1) is 0 Å². The van der Waals surface area contributed by atoms with Gasteiger partial charge in [0.1, 0.15) is 24.0 Å². The van der Waals surface area contributed by atoms with E-state index in [2.05, 4.69) is 77.8 Å². The SMILES string of the molecule is CCC(C)CC1CC2c3[nH]c4cc(OC)ccc4c3CCN(C2C)C1O.CCC1CC2CC3c4[nH]c5ccc(OC)cc5c4CCN(C2O)C13. The number of aromatic nitrogens is 2. The van der Waals surface area contributed by atoms with E-state index in [0.29, 0.717) is 47.6 Å². The molecule has 270 valence electrons. The van der Waals surface area contributed by atoms with E-state index in [1.165, 1.54) is 63.6 Å². The van der Waals surface area contributed by atoms with Crippen LogP contribution in [-0.4, -0.2) is 81.8 Å². The average molecular weight is 683 g/mol. The smallest absolute Gasteiger partial charge is 0.120 e. The highest BCUT2D eigenvalue weighted by molar-refractivity contribution is 5.87. The number of rotatable bonds is 6. The van der Waals surface area contributed by atoms with E-state index in [0.717, 1.165) is 56.7 Å². The quantitative estimate of drug-likeness (QED) is 0.168. The van der Waals surface area contributed by atoms with Gasteiger partial charge in [-0.05, 0) is 111 Å². The number of nitrogens with one attached hydrogen (secondary N) is 2. The summed E-state index contributed by atoms with van der Waals surface area (Å²) in [6, 6.07) is 13.6. The minimum atomic E-state index is -0.300. The Balaban J connectivity index is 0.000000145. The van der Waals surface area contributed by atoms with Crippen molar-refractivity contribution in [3.05, 3.63) is 58.9 Å². The van der Waals surface area contributed by atoms with E-state index >= 15 is 0 Å². The number of aromatic amines is 2. The van der Waals surface area contributed by atoms with Crippen LogP contribution < -0.4 is 9.47 Å². The Morgan fingerprint density at radius 2 is 1.46 bits per heavy atom. The first-order valence-electron chi connectivity index (χ1n) is 19.5. The summed E-state index contributed by atoms with van der Waals surface area (Å²) in [6.07, 6.45) is 8.36. The lowest BCUT2D eigenvalue weighted by Gasteiger charge is -2.55. The van der Waals surface area contributed by atoms with E-state index in [1.54, 1.807) is 14.2 Å². The minimum Gasteiger partial charge on any atom is -0.497 e. The number of ether oxygens (including phenoxy) is 2. The second kappa shape index (κ2) is 13.5. The fraction of sp³-hybridized carbons (Fsp3) is 0.619. The fourth-order valence-corrected chi connectivity index (χ4v) is 11.0. The molecule has 8 nitrogen and oxygen atoms in total. The summed E-state index contributed by atoms with van der Waals surface area (Å²) in [7, 11) is 3.45. The summed E-state index contributed by atoms with van der Waals surface area (Å²) < 4.78 is 10.8. The highest BCUT2D eigenvalue weighted by Gasteiger charge is 2.53. The highest BCUT2D eigenvalue weighted by atomic mass is 16.5. The van der Waals surface area contributed by atoms with E-state index in [9.17, 15) is 10.2 Å². The molecule has 12 unspecified atom stereocenters. The van der Waals surface area contributed by atoms with E-state index in [4.69, 9.17) is 9.47 Å². The van der Waals surface area contributed by atoms with E-state index in [1.807, 2.05) is 6.07 Å². The first-order chi connectivity index (χ1) is 24.2. The van der Waals surface area contributed by atoms with Crippen LogP contribution in [-0.2, 0) is 12.8 Å². The van der Waals surface area contributed by atoms with Gasteiger partial charge in [-0.2, -0.15) is 0 Å². The number of hydrogen-bond acceptors (Lipinski definition) is 6. The van der Waals surface area contributed by atoms with Gasteiger partial charge in [0, 0.05) is 76.3 Å². The molecule has 7 heterocycles. The first kappa shape index (κ1) is 34.1. The van der Waals surface area contributed by atoms with Crippen LogP contribution in [0.25, 0.3) is 21.8 Å². The molecular formula is C42H58N4O4. The van der Waals surface area contributed by atoms with Gasteiger partial charge in [-0.25, -0.2) is 0 Å². The van der Waals surface area contributed by atoms with Crippen LogP contribution in [0.2, 0.25) is 0 Å². The zero-order valence-corrected chi connectivity index (χ0v) is 30.9. The molecule has 8 heteroatoms. The molecule has 6 bridgehead atoms. The van der Waals surface area contributed by atoms with Crippen LogP contribution >= 0.6 is 0 Å². The van der Waals surface area contributed by atoms with E-state index in [-0.39, 0.29) is 12.5 Å². The van der Waals surface area contributed by atoms with Gasteiger partial charge in [-0.3, -0.25) is 9.80 Å². The lowest BCUT2D eigenvalue weighted by Crippen LogP contribution is -2.61. The summed E-state index contributed by atoms with van der Waals surface area (Å²) in [5.74, 6) is 4.98. The molecule has 10 rings (SSSR count). The standard InChI is InChI=1S/C22H32N2O2.C20H26N2O2/c1-5-13(2)10-15-11-19-14(3)24(22(15)25)9-8-18-17-7-6-16(26-4)12-20(17)23-21(18)19;1-3-11-8-12-9-16-18-14(6-7-22(19(11)16)20(12)23)15-10-13(24-2)4-5-17(15)21-18/h6-7,12-15,19,22-23,25H,5,8-11H2,1-4H3;4-5,10-12,16,19-21,23H,3,6-9H2,1-2H3. The molecule has 0 radical (unpaired) electrons. The van der Waals surface area contributed by atoms with Crippen molar-refractivity contribution in [3.63, 3.8) is 0 Å². The Hall–Kier alpha value is -3.04. The van der Waals surface area contributed by atoms with Crippen molar-refractivity contribution >= 4 is 21.8 Å². The Bertz CT molecular complexity index is 1830. The molecule has 12 atom stereocenters. The predicted octanol–water partition coefficient (Wildman–Crippen LogP) is 7.54. The molecule has 4 fully saturated rings. The largest absolute Gasteiger partial charge is 0.497 e. The maximum absolute atomic E-state index is 11.0. The van der Waals surface area contributed by atoms with Crippen molar-refractivity contribution < 1.29 is 19.7 Å². The topological polar surface area (TPSA) is 97.0 Å². The molecular weight excluding hydrogens is 624 g/mol. The fourth-order valence-electron chi connectivity index (χ4n) is 11.0. The number of hydrogen-bond donors (Lipinski definition) is 4. The Kier molecular flexibility index (Phi) is 9.20. The van der Waals surface area contributed by atoms with Crippen LogP contribution in [0.4, 0.5) is 0 Å². The Morgan fingerprint density at radius 1 is 0.780 bits per heavy atom. The van der Waals surface area contributed by atoms with Gasteiger partial charge in [-0.1, -0.05) is 33.6 Å². The summed E-state index contributed by atoms with van der Waals surface area (Å²) in [6.45, 7) is 11.0. The number of fused-ring (bicyclic) bond motifs is 10. The average Bonchev–Trinajstić information content (AvgIpc) is 3.62. The molecule has 5 aliphatic heterocycles. The molecule has 1 saturated carbocycles. The third kappa shape index (κ3) is 5.56. The molecule has 1 aliphatic carbocycles. The van der Waals surface area contributed by atoms with Gasteiger partial charge in [0.05, 0.1) is 14.2 Å². The maximum atomic E-state index is 11.0. The second-order valence-corrected chi connectivity index (χ2v) is 16.2. The zero-order chi connectivity index (χ0) is 34.8. The van der Waals surface area contributed by atoms with Crippen LogP contribution in [0.3, 0.4) is 0 Å². The molecule has 50 heavy (non-hydrogen) atoms. The van der Waals surface area contributed by atoms with Crippen molar-refractivity contribution in [3.8, 4) is 11.5 Å². The molecule has 0 amide bonds. The molecule has 2 aromatic carbocycles. The van der Waals surface area contributed by atoms with Crippen molar-refractivity contribution in [2.75, 3.05) is 27.3 Å². The summed E-state index contributed by atoms with van der Waals surface area (Å²) in [5.41, 5.74) is 8.12. The minimum absolute atomic E-state index is 0.237. The number of methoxy groups -OCH3 is 2. The number of H-pyrrole nitrogens is 2. The number of aliphatic hydroxyl groups excluding tert-OH is 2. The monoisotopic (exact) mass is 682 g/mol. The van der Waals surface area contributed by atoms with Crippen LogP contribution in [0, 0.1) is 23.7 Å². The summed E-state index contributed by atoms with van der Waals surface area (Å²) >= 11 is 0. The van der Waals surface area contributed by atoms with Gasteiger partial charge in [0.15, 0.2) is 0 Å². The first-order valence-corrected chi connectivity index (χ1v) is 19.5. The van der Waals surface area contributed by atoms with Gasteiger partial charge >= 0.3 is 0 Å². The summed E-state index contributed by atoms with van der Waals surface area (Å²) in [4.78, 5) is 12.2. The van der Waals surface area contributed by atoms with Gasteiger partial charge < -0.3 is 29.7 Å². The molecule has 6 aliphatic rings. The molecule has 0 spiro atoms. The van der Waals surface area contributed by atoms with E-state index < -0.39 is 0 Å². The number of piperidine rings is 3. The number of aliphatic hydroxyl groups is 2. The van der Waals surface area contributed by atoms with Crippen molar-refractivity contribution in [2.24, 2.45) is 23.7 Å². The number of benzene rings is 2. The lowest BCUT2D eigenvalue weighted by molar-refractivity contribution is -0.156. The normalized spacial score (nSPS) is 34.6. The highest BCUT2D eigenvalue weighted by Crippen LogP contribution is 2.53. The summed E-state index contributed by atoms with van der Waals surface area (Å²) in [5, 5.41) is 24.4. The third-order valence-corrected chi connectivity index (χ3v) is 13.8. The second-order valence-electron chi connectivity index (χ2n) is 16.2. The third-order valence-electron chi connectivity index (χ3n) is 13.8. The maximum Gasteiger partial charge on any atom is 0.120 e. The van der Waals surface area contributed by atoms with Crippen LogP contribution in [0.5, 0.6) is 11.5 Å². The molecule has 4 N–H and O–H groups in total. The number of nitrogens with zero attached hydrogens (tertiary/aromatic N) is 2. The predicted molar refractivity (Wildman–Crippen MR) is 200 cm³/mol. The lowest BCUT2D eigenvalue weighted by atomic mass is 9.64. The molecule has 3 saturated heterocycles. The van der Waals surface area contributed by atoms with Gasteiger partial charge in [0.25, 0.3) is 0 Å². The van der Waals surface area contributed by atoms with Crippen LogP contribution in [0.15, 0.2) is 36.4 Å². The molecule has 2 aromatic heterocycles. The van der Waals surface area contributed by atoms with Crippen molar-refractivity contribution in [1.29, 1.82) is 0 Å². The van der Waals surface area contributed by atoms with Gasteiger partial charge in [0.2, 0.25) is 0 Å². The zero-order valence-electron chi connectivity index (χ0n) is 30.9.